The maximum absolute atomic E-state index is 11.1. The van der Waals surface area contributed by atoms with Crippen LogP contribution in [0, 0.1) is 17.2 Å². The van der Waals surface area contributed by atoms with E-state index >= 15 is 0 Å². The molecule has 0 aliphatic carbocycles. The van der Waals surface area contributed by atoms with Gasteiger partial charge in [0, 0.05) is 6.54 Å². The lowest BCUT2D eigenvalue weighted by atomic mass is 10.2. The predicted octanol–water partition coefficient (Wildman–Crippen LogP) is 0.474. The lowest BCUT2D eigenvalue weighted by molar-refractivity contribution is 0.556. The molecule has 70 valence electrons. The zero-order valence-corrected chi connectivity index (χ0v) is 8.35. The summed E-state index contributed by atoms with van der Waals surface area (Å²) in [5.41, 5.74) is 0. The average molecular weight is 190 g/mol. The van der Waals surface area contributed by atoms with E-state index < -0.39 is 15.3 Å². The van der Waals surface area contributed by atoms with Crippen molar-refractivity contribution in [1.29, 1.82) is 5.26 Å². The zero-order chi connectivity index (χ0) is 9.78. The third kappa shape index (κ3) is 3.69. The van der Waals surface area contributed by atoms with Gasteiger partial charge in [0.2, 0.25) is 10.0 Å². The van der Waals surface area contributed by atoms with Crippen molar-refractivity contribution < 1.29 is 8.42 Å². The molecule has 1 atom stereocenters. The van der Waals surface area contributed by atoms with Crippen LogP contribution < -0.4 is 4.72 Å². The molecule has 0 rings (SSSR count). The Bertz CT molecular complexity index is 264. The first-order valence-corrected chi connectivity index (χ1v) is 5.33. The fraction of sp³-hybridized carbons (Fsp3) is 0.857. The largest absolute Gasteiger partial charge is 0.227 e. The Labute approximate surface area is 73.6 Å². The monoisotopic (exact) mass is 190 g/mol. The molecule has 0 bridgehead atoms. The van der Waals surface area contributed by atoms with Crippen LogP contribution in [0.1, 0.15) is 20.8 Å². The van der Waals surface area contributed by atoms with Gasteiger partial charge in [-0.1, -0.05) is 13.8 Å². The van der Waals surface area contributed by atoms with E-state index in [0.29, 0.717) is 6.54 Å². The number of nitrogens with one attached hydrogen (secondary N) is 1. The molecule has 0 fully saturated rings. The molecule has 0 saturated carbocycles. The summed E-state index contributed by atoms with van der Waals surface area (Å²) in [5, 5.41) is 7.39. The summed E-state index contributed by atoms with van der Waals surface area (Å²) < 4.78 is 24.6. The summed E-state index contributed by atoms with van der Waals surface area (Å²) in [6.45, 7) is 5.55. The van der Waals surface area contributed by atoms with E-state index in [9.17, 15) is 8.42 Å². The van der Waals surface area contributed by atoms with E-state index in [1.54, 1.807) is 6.07 Å². The topological polar surface area (TPSA) is 70.0 Å². The smallest absolute Gasteiger partial charge is 0.214 e. The lowest BCUT2D eigenvalue weighted by Gasteiger charge is -2.09. The van der Waals surface area contributed by atoms with Crippen molar-refractivity contribution in [1.82, 2.24) is 4.72 Å². The number of hydrogen-bond donors (Lipinski definition) is 1. The number of sulfonamides is 1. The van der Waals surface area contributed by atoms with Gasteiger partial charge in [0.15, 0.2) is 5.25 Å². The van der Waals surface area contributed by atoms with Crippen LogP contribution in [0.15, 0.2) is 0 Å². The highest BCUT2D eigenvalue weighted by Gasteiger charge is 2.19. The molecule has 0 spiro atoms. The molecule has 5 heteroatoms. The number of rotatable bonds is 4. The van der Waals surface area contributed by atoms with Crippen molar-refractivity contribution in [3.05, 3.63) is 0 Å². The average Bonchev–Trinajstić information content (AvgIpc) is 1.99. The summed E-state index contributed by atoms with van der Waals surface area (Å²) in [6.07, 6.45) is 0. The van der Waals surface area contributed by atoms with Crippen molar-refractivity contribution in [3.63, 3.8) is 0 Å². The summed E-state index contributed by atoms with van der Waals surface area (Å²) in [5.74, 6) is 0.255. The van der Waals surface area contributed by atoms with E-state index in [4.69, 9.17) is 5.26 Å². The Morgan fingerprint density at radius 3 is 2.25 bits per heavy atom. The zero-order valence-electron chi connectivity index (χ0n) is 7.53. The van der Waals surface area contributed by atoms with Crippen LogP contribution in [0.5, 0.6) is 0 Å². The Morgan fingerprint density at radius 1 is 1.42 bits per heavy atom. The number of nitrogens with zero attached hydrogens (tertiary/aromatic N) is 1. The highest BCUT2D eigenvalue weighted by Crippen LogP contribution is 1.97. The van der Waals surface area contributed by atoms with Gasteiger partial charge in [0.05, 0.1) is 6.07 Å². The van der Waals surface area contributed by atoms with Gasteiger partial charge in [-0.3, -0.25) is 0 Å². The van der Waals surface area contributed by atoms with Gasteiger partial charge in [-0.2, -0.15) is 5.26 Å². The molecule has 0 saturated heterocycles. The Kier molecular flexibility index (Phi) is 4.21. The summed E-state index contributed by atoms with van der Waals surface area (Å²) >= 11 is 0. The first-order valence-electron chi connectivity index (χ1n) is 3.78. The first-order chi connectivity index (χ1) is 5.40. The van der Waals surface area contributed by atoms with E-state index in [-0.39, 0.29) is 5.92 Å². The van der Waals surface area contributed by atoms with Gasteiger partial charge in [-0.25, -0.2) is 13.1 Å². The molecule has 1 unspecified atom stereocenters. The fourth-order valence-electron chi connectivity index (χ4n) is 0.477. The maximum Gasteiger partial charge on any atom is 0.227 e. The Hall–Kier alpha value is -0.600. The van der Waals surface area contributed by atoms with Gasteiger partial charge < -0.3 is 0 Å². The predicted molar refractivity (Wildman–Crippen MR) is 46.8 cm³/mol. The van der Waals surface area contributed by atoms with E-state index in [0.717, 1.165) is 0 Å². The third-order valence-corrected chi connectivity index (χ3v) is 2.95. The van der Waals surface area contributed by atoms with Gasteiger partial charge in [0.1, 0.15) is 0 Å². The van der Waals surface area contributed by atoms with Crippen LogP contribution in [0.2, 0.25) is 0 Å². The minimum atomic E-state index is -3.42. The Balaban J connectivity index is 4.18. The van der Waals surface area contributed by atoms with Crippen LogP contribution in [-0.4, -0.2) is 20.2 Å². The molecule has 0 radical (unpaired) electrons. The molecule has 0 heterocycles. The van der Waals surface area contributed by atoms with Crippen LogP contribution >= 0.6 is 0 Å². The normalized spacial score (nSPS) is 14.2. The van der Waals surface area contributed by atoms with Gasteiger partial charge in [-0.05, 0) is 12.8 Å². The van der Waals surface area contributed by atoms with Gasteiger partial charge in [0.25, 0.3) is 0 Å². The maximum atomic E-state index is 11.1. The summed E-state index contributed by atoms with van der Waals surface area (Å²) in [4.78, 5) is 0. The molecule has 0 amide bonds. The number of nitriles is 1. The SMILES string of the molecule is CC(C)CNS(=O)(=O)C(C)C#N. The second-order valence-electron chi connectivity index (χ2n) is 3.06. The van der Waals surface area contributed by atoms with E-state index in [2.05, 4.69) is 4.72 Å². The van der Waals surface area contributed by atoms with Crippen LogP contribution in [0.25, 0.3) is 0 Å². The van der Waals surface area contributed by atoms with Crippen LogP contribution in [-0.2, 0) is 10.0 Å². The highest BCUT2D eigenvalue weighted by atomic mass is 32.2. The minimum absolute atomic E-state index is 0.255. The van der Waals surface area contributed by atoms with E-state index in [1.807, 2.05) is 13.8 Å². The molecule has 0 aromatic rings. The molecule has 0 aliphatic rings. The van der Waals surface area contributed by atoms with Gasteiger partial charge in [-0.15, -0.1) is 0 Å². The van der Waals surface area contributed by atoms with Gasteiger partial charge >= 0.3 is 0 Å². The molecular weight excluding hydrogens is 176 g/mol. The molecule has 0 aromatic carbocycles. The van der Waals surface area contributed by atoms with E-state index in [1.165, 1.54) is 6.92 Å². The second kappa shape index (κ2) is 4.43. The van der Waals surface area contributed by atoms with Crippen LogP contribution in [0.3, 0.4) is 0 Å². The number of hydrogen-bond acceptors (Lipinski definition) is 3. The molecule has 4 nitrogen and oxygen atoms in total. The summed E-state index contributed by atoms with van der Waals surface area (Å²) in [7, 11) is -3.42. The van der Waals surface area contributed by atoms with Crippen molar-refractivity contribution in [3.8, 4) is 6.07 Å². The van der Waals surface area contributed by atoms with Crippen molar-refractivity contribution in [2.24, 2.45) is 5.92 Å². The molecule has 12 heavy (non-hydrogen) atoms. The van der Waals surface area contributed by atoms with Crippen molar-refractivity contribution >= 4 is 10.0 Å². The summed E-state index contributed by atoms with van der Waals surface area (Å²) in [6, 6.07) is 1.68. The van der Waals surface area contributed by atoms with Crippen LogP contribution in [0.4, 0.5) is 0 Å². The van der Waals surface area contributed by atoms with Crippen molar-refractivity contribution in [2.75, 3.05) is 6.54 Å². The quantitative estimate of drug-likeness (QED) is 0.700. The fourth-order valence-corrected chi connectivity index (χ4v) is 1.43. The highest BCUT2D eigenvalue weighted by molar-refractivity contribution is 7.90. The minimum Gasteiger partial charge on any atom is -0.214 e. The molecule has 0 aromatic heterocycles. The Morgan fingerprint density at radius 2 is 1.92 bits per heavy atom. The molecule has 1 N–H and O–H groups in total. The second-order valence-corrected chi connectivity index (χ2v) is 5.14. The lowest BCUT2D eigenvalue weighted by Crippen LogP contribution is -2.34. The first kappa shape index (κ1) is 11.4. The van der Waals surface area contributed by atoms with Crippen molar-refractivity contribution in [2.45, 2.75) is 26.0 Å². The molecule has 0 aliphatic heterocycles. The molecular formula is C7H14N2O2S. The third-order valence-electron chi connectivity index (χ3n) is 1.34. The standard InChI is InChI=1S/C7H14N2O2S/c1-6(2)5-9-12(10,11)7(3)4-8/h6-7,9H,5H2,1-3H3.